The monoisotopic (exact) mass is 334 g/mol. The molecule has 0 unspecified atom stereocenters. The number of aromatic nitrogens is 2. The van der Waals surface area contributed by atoms with Gasteiger partial charge in [-0.1, -0.05) is 23.1 Å². The van der Waals surface area contributed by atoms with Crippen molar-refractivity contribution in [2.24, 2.45) is 0 Å². The van der Waals surface area contributed by atoms with Crippen LogP contribution in [0.25, 0.3) is 0 Å². The van der Waals surface area contributed by atoms with E-state index in [9.17, 15) is 18.0 Å². The second-order valence-corrected chi connectivity index (χ2v) is 5.88. The number of benzene rings is 1. The molecule has 0 aliphatic carbocycles. The second-order valence-electron chi connectivity index (χ2n) is 3.68. The number of anilines is 2. The van der Waals surface area contributed by atoms with Crippen molar-refractivity contribution >= 4 is 39.8 Å². The van der Waals surface area contributed by atoms with Crippen LogP contribution in [0, 0.1) is 17.5 Å². The predicted molar refractivity (Wildman–Crippen MR) is 75.1 cm³/mol. The summed E-state index contributed by atoms with van der Waals surface area (Å²) in [5.41, 5.74) is -0.410. The summed E-state index contributed by atoms with van der Waals surface area (Å²) in [7, 11) is 1.69. The first-order chi connectivity index (χ1) is 10.0. The highest BCUT2D eigenvalue weighted by Crippen LogP contribution is 2.25. The zero-order valence-electron chi connectivity index (χ0n) is 10.6. The number of carbonyl (C=O) groups is 1. The Kier molecular flexibility index (Phi) is 5.02. The summed E-state index contributed by atoms with van der Waals surface area (Å²) >= 11 is 2.35. The summed E-state index contributed by atoms with van der Waals surface area (Å²) in [4.78, 5) is 11.6. The fourth-order valence-corrected chi connectivity index (χ4v) is 2.81. The third kappa shape index (κ3) is 3.85. The molecule has 1 aromatic heterocycles. The summed E-state index contributed by atoms with van der Waals surface area (Å²) in [5.74, 6) is -4.99. The molecule has 1 aromatic carbocycles. The molecule has 0 aliphatic rings. The lowest BCUT2D eigenvalue weighted by Gasteiger charge is -2.06. The molecule has 2 N–H and O–H groups in total. The molecule has 21 heavy (non-hydrogen) atoms. The molecule has 0 saturated carbocycles. The molecule has 112 valence electrons. The van der Waals surface area contributed by atoms with Crippen LogP contribution in [0.2, 0.25) is 0 Å². The Morgan fingerprint density at radius 3 is 2.71 bits per heavy atom. The van der Waals surface area contributed by atoms with Crippen molar-refractivity contribution in [3.05, 3.63) is 29.6 Å². The zero-order chi connectivity index (χ0) is 15.4. The Labute approximate surface area is 126 Å². The van der Waals surface area contributed by atoms with Gasteiger partial charge in [0.15, 0.2) is 21.8 Å². The van der Waals surface area contributed by atoms with Gasteiger partial charge in [0.05, 0.1) is 11.4 Å². The van der Waals surface area contributed by atoms with E-state index in [1.165, 1.54) is 11.3 Å². The van der Waals surface area contributed by atoms with Crippen LogP contribution in [-0.2, 0) is 4.79 Å². The Hall–Kier alpha value is -1.81. The van der Waals surface area contributed by atoms with Gasteiger partial charge in [0.1, 0.15) is 0 Å². The molecule has 0 spiro atoms. The van der Waals surface area contributed by atoms with Crippen LogP contribution in [-0.4, -0.2) is 28.9 Å². The Morgan fingerprint density at radius 2 is 2.05 bits per heavy atom. The number of amides is 1. The summed E-state index contributed by atoms with van der Waals surface area (Å²) in [6.07, 6.45) is 0. The van der Waals surface area contributed by atoms with Crippen molar-refractivity contribution in [2.75, 3.05) is 23.4 Å². The van der Waals surface area contributed by atoms with Gasteiger partial charge in [-0.3, -0.25) is 4.79 Å². The normalized spacial score (nSPS) is 10.5. The number of rotatable bonds is 5. The lowest BCUT2D eigenvalue weighted by Crippen LogP contribution is -2.15. The van der Waals surface area contributed by atoms with E-state index in [-0.39, 0.29) is 5.75 Å². The van der Waals surface area contributed by atoms with Crippen molar-refractivity contribution in [2.45, 2.75) is 4.34 Å². The van der Waals surface area contributed by atoms with Gasteiger partial charge in [-0.25, -0.2) is 13.2 Å². The zero-order valence-corrected chi connectivity index (χ0v) is 12.2. The third-order valence-corrected chi connectivity index (χ3v) is 4.33. The molecule has 2 rings (SSSR count). The predicted octanol–water partition coefficient (Wildman–Crippen LogP) is 2.73. The molecule has 10 heteroatoms. The van der Waals surface area contributed by atoms with Crippen molar-refractivity contribution in [3.63, 3.8) is 0 Å². The first kappa shape index (κ1) is 15.6. The largest absolute Gasteiger partial charge is 0.363 e. The van der Waals surface area contributed by atoms with Crippen LogP contribution in [0.4, 0.5) is 24.0 Å². The van der Waals surface area contributed by atoms with E-state index in [0.717, 1.165) is 23.9 Å². The maximum Gasteiger partial charge on any atom is 0.234 e. The van der Waals surface area contributed by atoms with E-state index in [4.69, 9.17) is 0 Å². The van der Waals surface area contributed by atoms with Crippen molar-refractivity contribution < 1.29 is 18.0 Å². The topological polar surface area (TPSA) is 66.9 Å². The first-order valence-corrected chi connectivity index (χ1v) is 7.39. The van der Waals surface area contributed by atoms with Gasteiger partial charge in [0.25, 0.3) is 0 Å². The Balaban J connectivity index is 1.94. The van der Waals surface area contributed by atoms with E-state index in [2.05, 4.69) is 20.8 Å². The molecule has 5 nitrogen and oxygen atoms in total. The van der Waals surface area contributed by atoms with Gasteiger partial charge < -0.3 is 10.6 Å². The van der Waals surface area contributed by atoms with Crippen molar-refractivity contribution in [3.8, 4) is 0 Å². The molecule has 0 aliphatic heterocycles. The smallest absolute Gasteiger partial charge is 0.234 e. The van der Waals surface area contributed by atoms with Crippen molar-refractivity contribution in [1.29, 1.82) is 0 Å². The minimum absolute atomic E-state index is 0.0587. The summed E-state index contributed by atoms with van der Waals surface area (Å²) in [6.45, 7) is 0. The van der Waals surface area contributed by atoms with E-state index in [0.29, 0.717) is 9.47 Å². The average Bonchev–Trinajstić information content (AvgIpc) is 2.94. The maximum atomic E-state index is 13.4. The van der Waals surface area contributed by atoms with Crippen LogP contribution in [0.1, 0.15) is 0 Å². The summed E-state index contributed by atoms with van der Waals surface area (Å²) in [6, 6.07) is 1.70. The molecule has 1 heterocycles. The fraction of sp³-hybridized carbons (Fsp3) is 0.182. The van der Waals surface area contributed by atoms with Crippen LogP contribution < -0.4 is 10.6 Å². The van der Waals surface area contributed by atoms with Gasteiger partial charge in [0.2, 0.25) is 11.0 Å². The molecule has 0 atom stereocenters. The lowest BCUT2D eigenvalue weighted by atomic mass is 10.3. The van der Waals surface area contributed by atoms with Gasteiger partial charge in [-0.15, -0.1) is 10.2 Å². The van der Waals surface area contributed by atoms with Crippen LogP contribution in [0.3, 0.4) is 0 Å². The van der Waals surface area contributed by atoms with Crippen LogP contribution in [0.15, 0.2) is 16.5 Å². The number of thioether (sulfide) groups is 1. The van der Waals surface area contributed by atoms with Gasteiger partial charge in [-0.2, -0.15) is 0 Å². The molecule has 1 amide bonds. The maximum absolute atomic E-state index is 13.4. The number of nitrogens with one attached hydrogen (secondary N) is 2. The number of nitrogens with zero attached hydrogens (tertiary/aromatic N) is 2. The van der Waals surface area contributed by atoms with Gasteiger partial charge >= 0.3 is 0 Å². The molecule has 2 aromatic rings. The summed E-state index contributed by atoms with van der Waals surface area (Å²) in [5, 5.41) is 13.2. The Morgan fingerprint density at radius 1 is 1.29 bits per heavy atom. The molecule has 0 bridgehead atoms. The highest BCUT2D eigenvalue weighted by Gasteiger charge is 2.15. The minimum Gasteiger partial charge on any atom is -0.363 e. The van der Waals surface area contributed by atoms with Gasteiger partial charge in [0, 0.05) is 7.05 Å². The minimum atomic E-state index is -1.62. The molecular formula is C11H9F3N4OS2. The van der Waals surface area contributed by atoms with E-state index in [1.54, 1.807) is 7.05 Å². The molecule has 0 radical (unpaired) electrons. The van der Waals surface area contributed by atoms with Crippen LogP contribution >= 0.6 is 23.1 Å². The second kappa shape index (κ2) is 6.76. The quantitative estimate of drug-likeness (QED) is 0.650. The number of hydrogen-bond acceptors (Lipinski definition) is 6. The molecule has 0 fully saturated rings. The third-order valence-electron chi connectivity index (χ3n) is 2.26. The standard InChI is InChI=1S/C11H9F3N4OS2/c1-15-10-17-18-11(21-10)20-4-7(19)16-6-3-2-5(12)8(13)9(6)14/h2-3H,4H2,1H3,(H,15,17)(H,16,19). The molecular weight excluding hydrogens is 325 g/mol. The van der Waals surface area contributed by atoms with Gasteiger partial charge in [-0.05, 0) is 12.1 Å². The van der Waals surface area contributed by atoms with Crippen molar-refractivity contribution in [1.82, 2.24) is 10.2 Å². The summed E-state index contributed by atoms with van der Waals surface area (Å²) < 4.78 is 39.7. The fourth-order valence-electron chi connectivity index (χ4n) is 1.31. The Bertz CT molecular complexity index is 665. The number of hydrogen-bond donors (Lipinski definition) is 2. The highest BCUT2D eigenvalue weighted by molar-refractivity contribution is 8.01. The van der Waals surface area contributed by atoms with E-state index in [1.807, 2.05) is 0 Å². The van der Waals surface area contributed by atoms with Crippen LogP contribution in [0.5, 0.6) is 0 Å². The number of carbonyl (C=O) groups excluding carboxylic acids is 1. The highest BCUT2D eigenvalue weighted by atomic mass is 32.2. The first-order valence-electron chi connectivity index (χ1n) is 5.58. The molecule has 0 saturated heterocycles. The van der Waals surface area contributed by atoms with E-state index >= 15 is 0 Å². The lowest BCUT2D eigenvalue weighted by molar-refractivity contribution is -0.113. The average molecular weight is 334 g/mol. The van der Waals surface area contributed by atoms with E-state index < -0.39 is 29.0 Å². The SMILES string of the molecule is CNc1nnc(SCC(=O)Nc2ccc(F)c(F)c2F)s1. The number of halogens is 3.